The van der Waals surface area contributed by atoms with Crippen LogP contribution >= 0.6 is 31.9 Å². The van der Waals surface area contributed by atoms with Gasteiger partial charge in [-0.3, -0.25) is 0 Å². The van der Waals surface area contributed by atoms with E-state index in [9.17, 15) is 5.11 Å². The maximum atomic E-state index is 10.5. The van der Waals surface area contributed by atoms with E-state index in [4.69, 9.17) is 9.47 Å². The highest BCUT2D eigenvalue weighted by Gasteiger charge is 2.16. The van der Waals surface area contributed by atoms with Crippen LogP contribution in [0.1, 0.15) is 17.2 Å². The highest BCUT2D eigenvalue weighted by molar-refractivity contribution is 9.11. The third-order valence-electron chi connectivity index (χ3n) is 2.95. The molecule has 20 heavy (non-hydrogen) atoms. The number of halogens is 2. The van der Waals surface area contributed by atoms with Gasteiger partial charge in [0.15, 0.2) is 0 Å². The number of methoxy groups -OCH3 is 2. The molecule has 1 N–H and O–H groups in total. The molecule has 0 aliphatic rings. The van der Waals surface area contributed by atoms with E-state index in [-0.39, 0.29) is 0 Å². The predicted octanol–water partition coefficient (Wildman–Crippen LogP) is 4.31. The van der Waals surface area contributed by atoms with Gasteiger partial charge in [0.2, 0.25) is 0 Å². The first-order valence-electron chi connectivity index (χ1n) is 5.91. The van der Waals surface area contributed by atoms with Gasteiger partial charge in [-0.2, -0.15) is 0 Å². The van der Waals surface area contributed by atoms with Crippen molar-refractivity contribution in [3.05, 3.63) is 56.5 Å². The van der Waals surface area contributed by atoms with Gasteiger partial charge in [-0.15, -0.1) is 0 Å². The highest BCUT2D eigenvalue weighted by atomic mass is 79.9. The standard InChI is InChI=1S/C15H14Br2O3/c1-19-11-5-9(6-12(8-11)20-2)15(18)13-4-3-10(16)7-14(13)17/h3-8,15,18H,1-2H3. The molecule has 0 bridgehead atoms. The summed E-state index contributed by atoms with van der Waals surface area (Å²) in [5.41, 5.74) is 1.49. The van der Waals surface area contributed by atoms with E-state index >= 15 is 0 Å². The first-order chi connectivity index (χ1) is 9.55. The van der Waals surface area contributed by atoms with Crippen molar-refractivity contribution < 1.29 is 14.6 Å². The van der Waals surface area contributed by atoms with E-state index < -0.39 is 6.10 Å². The molecule has 5 heteroatoms. The van der Waals surface area contributed by atoms with E-state index in [1.54, 1.807) is 32.4 Å². The Labute approximate surface area is 134 Å². The molecule has 0 fully saturated rings. The normalized spacial score (nSPS) is 12.1. The summed E-state index contributed by atoms with van der Waals surface area (Å²) in [5, 5.41) is 10.5. The summed E-state index contributed by atoms with van der Waals surface area (Å²) in [6, 6.07) is 11.0. The Bertz CT molecular complexity index is 592. The lowest BCUT2D eigenvalue weighted by Gasteiger charge is -2.16. The number of rotatable bonds is 4. The summed E-state index contributed by atoms with van der Waals surface area (Å²) in [6.45, 7) is 0. The Hall–Kier alpha value is -1.04. The van der Waals surface area contributed by atoms with Crippen molar-refractivity contribution in [3.8, 4) is 11.5 Å². The third-order valence-corrected chi connectivity index (χ3v) is 4.13. The van der Waals surface area contributed by atoms with Crippen LogP contribution in [0.25, 0.3) is 0 Å². The fourth-order valence-corrected chi connectivity index (χ4v) is 3.15. The second kappa shape index (κ2) is 6.61. The van der Waals surface area contributed by atoms with Crippen LogP contribution in [0.4, 0.5) is 0 Å². The van der Waals surface area contributed by atoms with Crippen LogP contribution in [0.2, 0.25) is 0 Å². The quantitative estimate of drug-likeness (QED) is 0.829. The molecular weight excluding hydrogens is 388 g/mol. The van der Waals surface area contributed by atoms with Gasteiger partial charge < -0.3 is 14.6 Å². The van der Waals surface area contributed by atoms with E-state index in [1.165, 1.54) is 0 Å². The van der Waals surface area contributed by atoms with Crippen molar-refractivity contribution in [2.75, 3.05) is 14.2 Å². The molecule has 106 valence electrons. The Morgan fingerprint density at radius 1 is 0.950 bits per heavy atom. The van der Waals surface area contributed by atoms with Crippen molar-refractivity contribution in [1.29, 1.82) is 0 Å². The largest absolute Gasteiger partial charge is 0.497 e. The van der Waals surface area contributed by atoms with Gasteiger partial charge in [0, 0.05) is 15.0 Å². The number of benzene rings is 2. The minimum Gasteiger partial charge on any atom is -0.497 e. The fraction of sp³-hybridized carbons (Fsp3) is 0.200. The van der Waals surface area contributed by atoms with E-state index in [2.05, 4.69) is 31.9 Å². The maximum Gasteiger partial charge on any atom is 0.122 e. The fourth-order valence-electron chi connectivity index (χ4n) is 1.89. The van der Waals surface area contributed by atoms with E-state index in [1.807, 2.05) is 18.2 Å². The molecule has 2 rings (SSSR count). The van der Waals surface area contributed by atoms with Crippen molar-refractivity contribution in [1.82, 2.24) is 0 Å². The van der Waals surface area contributed by atoms with Gasteiger partial charge in [0.1, 0.15) is 17.6 Å². The van der Waals surface area contributed by atoms with Crippen LogP contribution in [0.5, 0.6) is 11.5 Å². The molecule has 2 aromatic carbocycles. The zero-order valence-corrected chi connectivity index (χ0v) is 14.2. The van der Waals surface area contributed by atoms with Crippen molar-refractivity contribution in [3.63, 3.8) is 0 Å². The third kappa shape index (κ3) is 3.34. The van der Waals surface area contributed by atoms with Crippen molar-refractivity contribution >= 4 is 31.9 Å². The number of ether oxygens (including phenoxy) is 2. The summed E-state index contributed by atoms with van der Waals surface area (Å²) in [4.78, 5) is 0. The molecule has 0 aliphatic heterocycles. The average molecular weight is 402 g/mol. The maximum absolute atomic E-state index is 10.5. The van der Waals surface area contributed by atoms with Crippen LogP contribution in [-0.4, -0.2) is 19.3 Å². The molecule has 0 aromatic heterocycles. The zero-order valence-electron chi connectivity index (χ0n) is 11.1. The molecule has 0 saturated heterocycles. The second-order valence-corrected chi connectivity index (χ2v) is 5.98. The Morgan fingerprint density at radius 2 is 1.55 bits per heavy atom. The van der Waals surface area contributed by atoms with Gasteiger partial charge in [0.05, 0.1) is 14.2 Å². The first kappa shape index (κ1) is 15.4. The van der Waals surface area contributed by atoms with Crippen molar-refractivity contribution in [2.24, 2.45) is 0 Å². The van der Waals surface area contributed by atoms with E-state index in [0.717, 1.165) is 14.5 Å². The van der Waals surface area contributed by atoms with Gasteiger partial charge in [-0.1, -0.05) is 37.9 Å². The molecule has 0 heterocycles. The van der Waals surface area contributed by atoms with Crippen LogP contribution < -0.4 is 9.47 Å². The van der Waals surface area contributed by atoms with Crippen LogP contribution in [0, 0.1) is 0 Å². The zero-order chi connectivity index (χ0) is 14.7. The molecule has 2 aromatic rings. The number of aliphatic hydroxyl groups is 1. The molecule has 0 spiro atoms. The highest BCUT2D eigenvalue weighted by Crippen LogP contribution is 2.34. The summed E-state index contributed by atoms with van der Waals surface area (Å²) >= 11 is 6.86. The second-order valence-electron chi connectivity index (χ2n) is 4.21. The molecule has 0 radical (unpaired) electrons. The van der Waals surface area contributed by atoms with Crippen LogP contribution in [0.3, 0.4) is 0 Å². The van der Waals surface area contributed by atoms with E-state index in [0.29, 0.717) is 17.1 Å². The molecule has 1 atom stereocenters. The Kier molecular flexibility index (Phi) is 5.07. The Balaban J connectivity index is 2.44. The SMILES string of the molecule is COc1cc(OC)cc(C(O)c2ccc(Br)cc2Br)c1. The molecule has 3 nitrogen and oxygen atoms in total. The van der Waals surface area contributed by atoms with Gasteiger partial charge in [-0.25, -0.2) is 0 Å². The average Bonchev–Trinajstić information content (AvgIpc) is 2.46. The monoisotopic (exact) mass is 400 g/mol. The number of aliphatic hydroxyl groups excluding tert-OH is 1. The predicted molar refractivity (Wildman–Crippen MR) is 85.4 cm³/mol. The lowest BCUT2D eigenvalue weighted by atomic mass is 10.0. The van der Waals surface area contributed by atoms with Gasteiger partial charge in [0.25, 0.3) is 0 Å². The molecular formula is C15H14Br2O3. The smallest absolute Gasteiger partial charge is 0.122 e. The minimum atomic E-state index is -0.763. The lowest BCUT2D eigenvalue weighted by molar-refractivity contribution is 0.218. The molecule has 0 aliphatic carbocycles. The summed E-state index contributed by atoms with van der Waals surface area (Å²) < 4.78 is 12.2. The summed E-state index contributed by atoms with van der Waals surface area (Å²) in [6.07, 6.45) is -0.763. The minimum absolute atomic E-state index is 0.645. The summed E-state index contributed by atoms with van der Waals surface area (Å²) in [5.74, 6) is 1.29. The topological polar surface area (TPSA) is 38.7 Å². The lowest BCUT2D eigenvalue weighted by Crippen LogP contribution is -2.02. The Morgan fingerprint density at radius 3 is 2.05 bits per heavy atom. The molecule has 1 unspecified atom stereocenters. The number of hydrogen-bond acceptors (Lipinski definition) is 3. The van der Waals surface area contributed by atoms with Crippen LogP contribution in [0.15, 0.2) is 45.3 Å². The van der Waals surface area contributed by atoms with Gasteiger partial charge >= 0.3 is 0 Å². The van der Waals surface area contributed by atoms with Crippen LogP contribution in [-0.2, 0) is 0 Å². The first-order valence-corrected chi connectivity index (χ1v) is 7.49. The molecule has 0 saturated carbocycles. The summed E-state index contributed by atoms with van der Waals surface area (Å²) in [7, 11) is 3.17. The van der Waals surface area contributed by atoms with Crippen molar-refractivity contribution in [2.45, 2.75) is 6.10 Å². The molecule has 0 amide bonds. The number of hydrogen-bond donors (Lipinski definition) is 1. The van der Waals surface area contributed by atoms with Gasteiger partial charge in [-0.05, 0) is 35.4 Å².